The molecular weight excluding hydrogens is 618 g/mol. The minimum Gasteiger partial charge on any atom is -0.451 e. The zero-order chi connectivity index (χ0) is 32.7. The van der Waals surface area contributed by atoms with Crippen LogP contribution in [0.25, 0.3) is 22.2 Å². The molecule has 0 radical (unpaired) electrons. The summed E-state index contributed by atoms with van der Waals surface area (Å²) in [5, 5.41) is 10.9. The number of fused-ring (bicyclic) bond motifs is 2. The number of esters is 1. The number of carbonyl (C=O) groups is 1. The molecule has 9 nitrogen and oxygen atoms in total. The fourth-order valence-electron chi connectivity index (χ4n) is 6.11. The van der Waals surface area contributed by atoms with Crippen molar-refractivity contribution in [2.24, 2.45) is 0 Å². The van der Waals surface area contributed by atoms with Crippen molar-refractivity contribution in [3.05, 3.63) is 119 Å². The maximum atomic E-state index is 13.7. The molecule has 2 saturated heterocycles. The molecular formula is C37H32ClN3O6. The SMILES string of the molecule is CC(O)C#Cc1ncnc2c1ccn2[C@@H]1O[C@H]([C@H](OC(=O)c2ccc(-c3ccccc3)cc2)c2ccc(Cl)cc2)[C@H]2OC(C)(C)O[C@H]21. The maximum Gasteiger partial charge on any atom is 0.338 e. The van der Waals surface area contributed by atoms with E-state index in [-0.39, 0.29) is 0 Å². The third-order valence-corrected chi connectivity index (χ3v) is 8.46. The Morgan fingerprint density at radius 1 is 0.957 bits per heavy atom. The summed E-state index contributed by atoms with van der Waals surface area (Å²) < 4.78 is 27.7. The number of benzene rings is 3. The van der Waals surface area contributed by atoms with E-state index in [1.165, 1.54) is 6.33 Å². The lowest BCUT2D eigenvalue weighted by atomic mass is 9.98. The van der Waals surface area contributed by atoms with E-state index in [0.29, 0.717) is 32.9 Å². The van der Waals surface area contributed by atoms with Crippen molar-refractivity contribution in [1.82, 2.24) is 14.5 Å². The summed E-state index contributed by atoms with van der Waals surface area (Å²) in [5.41, 5.74) is 4.19. The highest BCUT2D eigenvalue weighted by Crippen LogP contribution is 2.48. The van der Waals surface area contributed by atoms with Crippen LogP contribution in [-0.2, 0) is 18.9 Å². The molecule has 6 atom stereocenters. The summed E-state index contributed by atoms with van der Waals surface area (Å²) in [5.74, 6) is 4.23. The van der Waals surface area contributed by atoms with E-state index >= 15 is 0 Å². The van der Waals surface area contributed by atoms with Crippen LogP contribution in [-0.4, -0.2) is 55.8 Å². The molecule has 7 rings (SSSR count). The van der Waals surface area contributed by atoms with Gasteiger partial charge in [0, 0.05) is 11.2 Å². The monoisotopic (exact) mass is 649 g/mol. The van der Waals surface area contributed by atoms with E-state index < -0.39 is 48.5 Å². The first-order chi connectivity index (χ1) is 22.7. The van der Waals surface area contributed by atoms with Gasteiger partial charge in [0.15, 0.2) is 18.1 Å². The first-order valence-electron chi connectivity index (χ1n) is 15.3. The Kier molecular flexibility index (Phi) is 8.30. The normalized spacial score (nSPS) is 22.7. The van der Waals surface area contributed by atoms with Crippen molar-refractivity contribution in [3.63, 3.8) is 0 Å². The lowest BCUT2D eigenvalue weighted by Gasteiger charge is -2.29. The predicted molar refractivity (Wildman–Crippen MR) is 175 cm³/mol. The fraction of sp³-hybridized carbons (Fsp3) is 0.270. The van der Waals surface area contributed by atoms with E-state index in [2.05, 4.69) is 21.8 Å². The second kappa shape index (κ2) is 12.6. The van der Waals surface area contributed by atoms with Crippen molar-refractivity contribution in [2.45, 2.75) is 63.3 Å². The van der Waals surface area contributed by atoms with Gasteiger partial charge in [0.05, 0.1) is 10.9 Å². The van der Waals surface area contributed by atoms with E-state index in [4.69, 9.17) is 30.5 Å². The summed E-state index contributed by atoms with van der Waals surface area (Å²) in [4.78, 5) is 22.6. The van der Waals surface area contributed by atoms with Gasteiger partial charge in [-0.25, -0.2) is 14.8 Å². The summed E-state index contributed by atoms with van der Waals surface area (Å²) >= 11 is 6.25. The number of ether oxygens (including phenoxy) is 4. The van der Waals surface area contributed by atoms with E-state index in [1.807, 2.05) is 85.3 Å². The van der Waals surface area contributed by atoms with Gasteiger partial charge >= 0.3 is 5.97 Å². The van der Waals surface area contributed by atoms with Crippen molar-refractivity contribution >= 4 is 28.6 Å². The van der Waals surface area contributed by atoms with E-state index in [0.717, 1.165) is 11.1 Å². The smallest absolute Gasteiger partial charge is 0.338 e. The van der Waals surface area contributed by atoms with Gasteiger partial charge in [-0.05, 0) is 73.7 Å². The number of nitrogens with zero attached hydrogens (tertiary/aromatic N) is 3. The van der Waals surface area contributed by atoms with Crippen LogP contribution in [0.1, 0.15) is 54.7 Å². The molecule has 47 heavy (non-hydrogen) atoms. The lowest BCUT2D eigenvalue weighted by molar-refractivity contribution is -0.207. The van der Waals surface area contributed by atoms with Gasteiger partial charge in [-0.15, -0.1) is 0 Å². The van der Waals surface area contributed by atoms with Crippen LogP contribution in [0.2, 0.25) is 5.02 Å². The van der Waals surface area contributed by atoms with Crippen LogP contribution in [0.4, 0.5) is 0 Å². The van der Waals surface area contributed by atoms with Crippen LogP contribution in [0.3, 0.4) is 0 Å². The largest absolute Gasteiger partial charge is 0.451 e. The zero-order valence-electron chi connectivity index (χ0n) is 25.9. The number of aromatic nitrogens is 3. The van der Waals surface area contributed by atoms with E-state index in [9.17, 15) is 9.90 Å². The molecule has 0 spiro atoms. The molecule has 0 amide bonds. The van der Waals surface area contributed by atoms with E-state index in [1.54, 1.807) is 31.2 Å². The second-order valence-corrected chi connectivity index (χ2v) is 12.4. The summed E-state index contributed by atoms with van der Waals surface area (Å²) in [7, 11) is 0. The number of carbonyl (C=O) groups excluding carboxylic acids is 1. The number of rotatable bonds is 6. The standard InChI is InChI=1S/C37H32ClN3O6/c1-22(42)9-18-29-28-19-20-41(34(28)40-21-39-29)35-33-32(46-37(2,3)47-33)31(44-35)30(25-14-16-27(38)17-15-25)45-36(43)26-12-10-24(11-13-26)23-7-5-4-6-8-23/h4-8,10-17,19-22,30-33,35,42H,1-3H3/t22?,30-,31-,32-,33-,35-/m1/s1. The molecule has 10 heteroatoms. The molecule has 238 valence electrons. The molecule has 2 aliphatic rings. The Balaban J connectivity index is 1.23. The number of hydrogen-bond acceptors (Lipinski definition) is 8. The first-order valence-corrected chi connectivity index (χ1v) is 15.7. The third-order valence-electron chi connectivity index (χ3n) is 8.21. The Bertz CT molecular complexity index is 1970. The van der Waals surface area contributed by atoms with Gasteiger partial charge in [-0.2, -0.15) is 0 Å². The quantitative estimate of drug-likeness (QED) is 0.164. The van der Waals surface area contributed by atoms with Gasteiger partial charge < -0.3 is 28.6 Å². The second-order valence-electron chi connectivity index (χ2n) is 12.0. The van der Waals surface area contributed by atoms with Gasteiger partial charge in [0.2, 0.25) is 0 Å². The van der Waals surface area contributed by atoms with Crippen molar-refractivity contribution in [1.29, 1.82) is 0 Å². The number of aliphatic hydroxyl groups excluding tert-OH is 1. The topological polar surface area (TPSA) is 105 Å². The van der Waals surface area contributed by atoms with Crippen LogP contribution in [0.15, 0.2) is 97.5 Å². The number of aliphatic hydroxyl groups is 1. The molecule has 0 bridgehead atoms. The maximum absolute atomic E-state index is 13.7. The predicted octanol–water partition coefficient (Wildman–Crippen LogP) is 6.50. The molecule has 4 heterocycles. The lowest BCUT2D eigenvalue weighted by Crippen LogP contribution is -2.36. The van der Waals surface area contributed by atoms with Gasteiger partial charge in [-0.3, -0.25) is 0 Å². The average molecular weight is 650 g/mol. The first kappa shape index (κ1) is 31.1. The van der Waals surface area contributed by atoms with Crippen molar-refractivity contribution in [2.75, 3.05) is 0 Å². The molecule has 0 saturated carbocycles. The zero-order valence-corrected chi connectivity index (χ0v) is 26.7. The molecule has 2 fully saturated rings. The van der Waals surface area contributed by atoms with Gasteiger partial charge in [0.1, 0.15) is 42.1 Å². The fourth-order valence-corrected chi connectivity index (χ4v) is 6.24. The van der Waals surface area contributed by atoms with Crippen molar-refractivity contribution in [3.8, 4) is 23.0 Å². The minimum atomic E-state index is -0.927. The van der Waals surface area contributed by atoms with Crippen LogP contribution in [0, 0.1) is 11.8 Å². The molecule has 2 aliphatic heterocycles. The van der Waals surface area contributed by atoms with Crippen LogP contribution >= 0.6 is 11.6 Å². The Hall–Kier alpha value is -4.56. The Morgan fingerprint density at radius 2 is 1.66 bits per heavy atom. The van der Waals surface area contributed by atoms with Crippen molar-refractivity contribution < 1.29 is 28.8 Å². The summed E-state index contributed by atoms with van der Waals surface area (Å²) in [6.07, 6.45) is -1.02. The molecule has 1 N–H and O–H groups in total. The Morgan fingerprint density at radius 3 is 2.38 bits per heavy atom. The molecule has 5 aromatic rings. The number of hydrogen-bond donors (Lipinski definition) is 1. The highest BCUT2D eigenvalue weighted by atomic mass is 35.5. The summed E-state index contributed by atoms with van der Waals surface area (Å²) in [6, 6.07) is 26.2. The molecule has 2 aromatic heterocycles. The average Bonchev–Trinajstić information content (AvgIpc) is 3.74. The highest BCUT2D eigenvalue weighted by molar-refractivity contribution is 6.30. The summed E-state index contributed by atoms with van der Waals surface area (Å²) in [6.45, 7) is 5.28. The van der Waals surface area contributed by atoms with Crippen LogP contribution < -0.4 is 0 Å². The molecule has 0 aliphatic carbocycles. The highest BCUT2D eigenvalue weighted by Gasteiger charge is 2.59. The Labute approximate surface area is 277 Å². The third kappa shape index (κ3) is 6.26. The van der Waals surface area contributed by atoms with Crippen LogP contribution in [0.5, 0.6) is 0 Å². The van der Waals surface area contributed by atoms with Gasteiger partial charge in [-0.1, -0.05) is 72.1 Å². The molecule has 3 aromatic carbocycles. The number of halogens is 1. The molecule has 1 unspecified atom stereocenters. The van der Waals surface area contributed by atoms with Gasteiger partial charge in [0.25, 0.3) is 0 Å². The minimum absolute atomic E-state index is 0.401.